The van der Waals surface area contributed by atoms with Crippen LogP contribution in [0.15, 0.2) is 59.5 Å². The minimum Gasteiger partial charge on any atom is -0.329 e. The van der Waals surface area contributed by atoms with E-state index >= 15 is 0 Å². The van der Waals surface area contributed by atoms with Crippen molar-refractivity contribution in [1.82, 2.24) is 10.3 Å². The van der Waals surface area contributed by atoms with Crippen molar-refractivity contribution in [3.8, 4) is 0 Å². The summed E-state index contributed by atoms with van der Waals surface area (Å²) in [4.78, 5) is 27.5. The first-order valence-corrected chi connectivity index (χ1v) is 9.40. The quantitative estimate of drug-likeness (QED) is 0.607. The molecule has 1 fully saturated rings. The number of anilines is 1. The molecule has 2 aromatic carbocycles. The van der Waals surface area contributed by atoms with Crippen LogP contribution in [0.2, 0.25) is 5.02 Å². The van der Waals surface area contributed by atoms with E-state index < -0.39 is 6.04 Å². The Balaban J connectivity index is 1.61. The largest absolute Gasteiger partial charge is 0.329 e. The van der Waals surface area contributed by atoms with Gasteiger partial charge >= 0.3 is 0 Å². The molecule has 1 unspecified atom stereocenters. The Hall–Kier alpha value is -2.63. The van der Waals surface area contributed by atoms with Gasteiger partial charge in [0.2, 0.25) is 5.91 Å². The third-order valence-corrected chi connectivity index (χ3v) is 5.13. The van der Waals surface area contributed by atoms with E-state index in [1.807, 2.05) is 30.3 Å². The number of carbonyl (C=O) groups excluding carboxylic acids is 1. The molecule has 5 nitrogen and oxygen atoms in total. The highest BCUT2D eigenvalue weighted by atomic mass is 35.5. The molecule has 1 aromatic heterocycles. The second-order valence-corrected chi connectivity index (χ2v) is 7.32. The molecule has 27 heavy (non-hydrogen) atoms. The molecular formula is C21H20ClN3O2. The molecule has 0 spiro atoms. The van der Waals surface area contributed by atoms with Crippen LogP contribution in [0.5, 0.6) is 0 Å². The molecule has 3 N–H and O–H groups in total. The highest BCUT2D eigenvalue weighted by molar-refractivity contribution is 6.34. The number of hydrogen-bond donors (Lipinski definition) is 3. The van der Waals surface area contributed by atoms with Gasteiger partial charge in [0.05, 0.1) is 10.7 Å². The molecule has 1 aliphatic rings. The van der Waals surface area contributed by atoms with Gasteiger partial charge < -0.3 is 15.6 Å². The minimum absolute atomic E-state index is 0.173. The average molecular weight is 382 g/mol. The summed E-state index contributed by atoms with van der Waals surface area (Å²) in [5, 5.41) is 7.84. The molecule has 0 radical (unpaired) electrons. The monoisotopic (exact) mass is 381 g/mol. The van der Waals surface area contributed by atoms with Gasteiger partial charge in [-0.05, 0) is 54.5 Å². The van der Waals surface area contributed by atoms with Gasteiger partial charge in [-0.2, -0.15) is 0 Å². The number of fused-ring (bicyclic) bond motifs is 1. The van der Waals surface area contributed by atoms with Gasteiger partial charge in [0.25, 0.3) is 5.56 Å². The predicted octanol–water partition coefficient (Wildman–Crippen LogP) is 3.86. The molecule has 0 saturated heterocycles. The number of aromatic nitrogens is 1. The number of aromatic amines is 1. The van der Waals surface area contributed by atoms with Gasteiger partial charge in [0.15, 0.2) is 0 Å². The molecule has 1 heterocycles. The summed E-state index contributed by atoms with van der Waals surface area (Å²) in [5.74, 6) is 0.480. The molecule has 6 heteroatoms. The van der Waals surface area contributed by atoms with Crippen LogP contribution in [-0.2, 0) is 4.79 Å². The maximum atomic E-state index is 13.0. The zero-order chi connectivity index (χ0) is 18.8. The predicted molar refractivity (Wildman–Crippen MR) is 108 cm³/mol. The third kappa shape index (κ3) is 4.04. The number of pyridine rings is 1. The smallest absolute Gasteiger partial charge is 0.255 e. The molecule has 3 aromatic rings. The fourth-order valence-corrected chi connectivity index (χ4v) is 3.33. The third-order valence-electron chi connectivity index (χ3n) is 4.82. The summed E-state index contributed by atoms with van der Waals surface area (Å²) in [7, 11) is 0. The number of nitrogens with one attached hydrogen (secondary N) is 3. The molecule has 0 aliphatic heterocycles. The Bertz CT molecular complexity index is 1030. The van der Waals surface area contributed by atoms with Crippen molar-refractivity contribution in [2.75, 3.05) is 11.9 Å². The van der Waals surface area contributed by atoms with Crippen LogP contribution in [0.4, 0.5) is 5.69 Å². The maximum Gasteiger partial charge on any atom is 0.255 e. The summed E-state index contributed by atoms with van der Waals surface area (Å²) >= 11 is 6.32. The van der Waals surface area contributed by atoms with Crippen molar-refractivity contribution in [3.05, 3.63) is 75.7 Å². The van der Waals surface area contributed by atoms with Crippen molar-refractivity contribution in [2.45, 2.75) is 18.9 Å². The summed E-state index contributed by atoms with van der Waals surface area (Å²) in [5.41, 5.74) is 1.19. The Morgan fingerprint density at radius 2 is 1.96 bits per heavy atom. The number of benzene rings is 2. The van der Waals surface area contributed by atoms with Crippen LogP contribution < -0.4 is 16.2 Å². The number of amides is 1. The van der Waals surface area contributed by atoms with Crippen molar-refractivity contribution in [2.24, 2.45) is 5.92 Å². The summed E-state index contributed by atoms with van der Waals surface area (Å²) in [6, 6.07) is 14.3. The van der Waals surface area contributed by atoms with Crippen LogP contribution in [0.25, 0.3) is 10.8 Å². The molecule has 0 bridgehead atoms. The van der Waals surface area contributed by atoms with E-state index in [0.29, 0.717) is 22.0 Å². The first-order chi connectivity index (χ1) is 13.1. The van der Waals surface area contributed by atoms with Crippen LogP contribution >= 0.6 is 11.6 Å². The van der Waals surface area contributed by atoms with Gasteiger partial charge in [-0.3, -0.25) is 9.59 Å². The normalized spacial score (nSPS) is 14.9. The van der Waals surface area contributed by atoms with E-state index in [1.54, 1.807) is 24.4 Å². The number of rotatable bonds is 6. The summed E-state index contributed by atoms with van der Waals surface area (Å²) in [6.07, 6.45) is 4.00. The van der Waals surface area contributed by atoms with E-state index in [9.17, 15) is 9.59 Å². The number of halogens is 1. The van der Waals surface area contributed by atoms with Crippen molar-refractivity contribution in [3.63, 3.8) is 0 Å². The van der Waals surface area contributed by atoms with Crippen LogP contribution in [0.3, 0.4) is 0 Å². The highest BCUT2D eigenvalue weighted by Crippen LogP contribution is 2.30. The number of carbonyl (C=O) groups is 1. The Kier molecular flexibility index (Phi) is 4.97. The van der Waals surface area contributed by atoms with Gasteiger partial charge in [0, 0.05) is 11.6 Å². The Labute approximate surface area is 161 Å². The first kappa shape index (κ1) is 17.8. The van der Waals surface area contributed by atoms with Gasteiger partial charge in [0.1, 0.15) is 6.04 Å². The van der Waals surface area contributed by atoms with Crippen molar-refractivity contribution < 1.29 is 4.79 Å². The number of hydrogen-bond acceptors (Lipinski definition) is 3. The number of H-pyrrole nitrogens is 1. The molecule has 1 aliphatic carbocycles. The molecule has 1 atom stereocenters. The van der Waals surface area contributed by atoms with Gasteiger partial charge in [-0.25, -0.2) is 0 Å². The van der Waals surface area contributed by atoms with Crippen molar-refractivity contribution >= 4 is 34.0 Å². The standard InChI is InChI=1S/C21H20ClN3O2/c22-17-11-16-15(8-9-23-20(16)26)10-18(17)25-21(27)19(24-12-13-6-7-13)14-4-2-1-3-5-14/h1-5,8-11,13,19,24H,6-7,12H2,(H,23,26)(H,25,27). The average Bonchev–Trinajstić information content (AvgIpc) is 3.49. The fourth-order valence-electron chi connectivity index (χ4n) is 3.12. The van der Waals surface area contributed by atoms with E-state index in [4.69, 9.17) is 11.6 Å². The second kappa shape index (κ2) is 7.55. The molecule has 1 amide bonds. The second-order valence-electron chi connectivity index (χ2n) is 6.91. The highest BCUT2D eigenvalue weighted by Gasteiger charge is 2.26. The summed E-state index contributed by atoms with van der Waals surface area (Å²) in [6.45, 7) is 0.813. The lowest BCUT2D eigenvalue weighted by molar-refractivity contribution is -0.118. The zero-order valence-electron chi connectivity index (χ0n) is 14.7. The zero-order valence-corrected chi connectivity index (χ0v) is 15.4. The Morgan fingerprint density at radius 3 is 2.70 bits per heavy atom. The fraction of sp³-hybridized carbons (Fsp3) is 0.238. The molecule has 138 valence electrons. The first-order valence-electron chi connectivity index (χ1n) is 9.02. The van der Waals surface area contributed by atoms with E-state index in [-0.39, 0.29) is 11.5 Å². The van der Waals surface area contributed by atoms with E-state index in [1.165, 1.54) is 12.8 Å². The van der Waals surface area contributed by atoms with Crippen molar-refractivity contribution in [1.29, 1.82) is 0 Å². The lowest BCUT2D eigenvalue weighted by Crippen LogP contribution is -2.34. The summed E-state index contributed by atoms with van der Waals surface area (Å²) < 4.78 is 0. The molecule has 4 rings (SSSR count). The Morgan fingerprint density at radius 1 is 1.19 bits per heavy atom. The molecule has 1 saturated carbocycles. The van der Waals surface area contributed by atoms with E-state index in [2.05, 4.69) is 15.6 Å². The minimum atomic E-state index is -0.460. The van der Waals surface area contributed by atoms with Gasteiger partial charge in [-0.15, -0.1) is 0 Å². The maximum absolute atomic E-state index is 13.0. The van der Waals surface area contributed by atoms with Crippen LogP contribution in [0, 0.1) is 5.92 Å². The SMILES string of the molecule is O=C(Nc1cc2cc[nH]c(=O)c2cc1Cl)C(NCC1CC1)c1ccccc1. The molecular weight excluding hydrogens is 362 g/mol. The topological polar surface area (TPSA) is 74.0 Å². The van der Waals surface area contributed by atoms with Gasteiger partial charge in [-0.1, -0.05) is 41.9 Å². The van der Waals surface area contributed by atoms with Crippen LogP contribution in [-0.4, -0.2) is 17.4 Å². The van der Waals surface area contributed by atoms with Crippen LogP contribution in [0.1, 0.15) is 24.4 Å². The lowest BCUT2D eigenvalue weighted by atomic mass is 10.1. The van der Waals surface area contributed by atoms with E-state index in [0.717, 1.165) is 17.5 Å². The lowest BCUT2D eigenvalue weighted by Gasteiger charge is -2.19.